The van der Waals surface area contributed by atoms with Crippen LogP contribution in [-0.2, 0) is 14.3 Å². The summed E-state index contributed by atoms with van der Waals surface area (Å²) in [5.74, 6) is -1.16. The lowest BCUT2D eigenvalue weighted by molar-refractivity contribution is -0.143. The monoisotopic (exact) mass is 247 g/mol. The second kappa shape index (κ2) is 6.44. The molecular formula is C11H21NO5. The van der Waals surface area contributed by atoms with Gasteiger partial charge >= 0.3 is 12.1 Å². The van der Waals surface area contributed by atoms with Gasteiger partial charge < -0.3 is 19.9 Å². The van der Waals surface area contributed by atoms with E-state index >= 15 is 0 Å². The maximum atomic E-state index is 11.4. The Kier molecular flexibility index (Phi) is 5.95. The molecule has 0 saturated carbocycles. The first-order chi connectivity index (χ1) is 7.67. The molecule has 2 N–H and O–H groups in total. The van der Waals surface area contributed by atoms with Crippen LogP contribution in [0.4, 0.5) is 4.79 Å². The third-order valence-corrected chi connectivity index (χ3v) is 1.84. The van der Waals surface area contributed by atoms with Gasteiger partial charge in [-0.1, -0.05) is 0 Å². The van der Waals surface area contributed by atoms with E-state index in [-0.39, 0.29) is 0 Å². The average molecular weight is 247 g/mol. The van der Waals surface area contributed by atoms with E-state index in [2.05, 4.69) is 5.32 Å². The number of aliphatic carboxylic acids is 1. The van der Waals surface area contributed by atoms with Crippen molar-refractivity contribution in [2.24, 2.45) is 0 Å². The molecule has 0 saturated heterocycles. The molecule has 0 aromatic heterocycles. The van der Waals surface area contributed by atoms with Gasteiger partial charge in [0.1, 0.15) is 5.60 Å². The summed E-state index contributed by atoms with van der Waals surface area (Å²) in [6.45, 7) is 8.82. The number of carboxylic acid groups (broad SMARTS) is 1. The minimum absolute atomic E-state index is 0.376. The van der Waals surface area contributed by atoms with E-state index in [9.17, 15) is 9.59 Å². The first-order valence-electron chi connectivity index (χ1n) is 5.51. The fourth-order valence-corrected chi connectivity index (χ4v) is 1.17. The number of hydrogen-bond acceptors (Lipinski definition) is 4. The standard InChI is InChI=1S/C11H21NO5/c1-6-16-7(2)8(9(13)14)12-10(15)17-11(3,4)5/h7-8H,6H2,1-5H3,(H,12,15)(H,13,14)/t7-,8?/m1/s1. The molecular weight excluding hydrogens is 226 g/mol. The Bertz CT molecular complexity index is 272. The van der Waals surface area contributed by atoms with Crippen LogP contribution in [0.25, 0.3) is 0 Å². The van der Waals surface area contributed by atoms with Crippen LogP contribution in [0, 0.1) is 0 Å². The molecule has 6 heteroatoms. The van der Waals surface area contributed by atoms with Crippen molar-refractivity contribution >= 4 is 12.1 Å². The Morgan fingerprint density at radius 3 is 2.24 bits per heavy atom. The molecule has 0 rings (SSSR count). The van der Waals surface area contributed by atoms with Gasteiger partial charge in [-0.25, -0.2) is 9.59 Å². The summed E-state index contributed by atoms with van der Waals surface area (Å²) in [5, 5.41) is 11.2. The smallest absolute Gasteiger partial charge is 0.408 e. The van der Waals surface area contributed by atoms with Gasteiger partial charge in [0, 0.05) is 6.61 Å². The van der Waals surface area contributed by atoms with E-state index in [0.717, 1.165) is 0 Å². The van der Waals surface area contributed by atoms with Crippen LogP contribution in [-0.4, -0.2) is 41.5 Å². The minimum Gasteiger partial charge on any atom is -0.480 e. The van der Waals surface area contributed by atoms with Crippen LogP contribution in [0.3, 0.4) is 0 Å². The zero-order valence-corrected chi connectivity index (χ0v) is 10.9. The summed E-state index contributed by atoms with van der Waals surface area (Å²) in [6.07, 6.45) is -1.39. The van der Waals surface area contributed by atoms with E-state index in [1.165, 1.54) is 0 Å². The summed E-state index contributed by atoms with van der Waals surface area (Å²) in [5.41, 5.74) is -0.665. The molecule has 0 aromatic carbocycles. The van der Waals surface area contributed by atoms with Gasteiger partial charge in [-0.3, -0.25) is 0 Å². The number of amides is 1. The first-order valence-corrected chi connectivity index (χ1v) is 5.51. The van der Waals surface area contributed by atoms with Crippen molar-refractivity contribution in [3.63, 3.8) is 0 Å². The molecule has 100 valence electrons. The van der Waals surface area contributed by atoms with Crippen molar-refractivity contribution in [3.8, 4) is 0 Å². The van der Waals surface area contributed by atoms with Crippen LogP contribution in [0.2, 0.25) is 0 Å². The third kappa shape index (κ3) is 6.78. The van der Waals surface area contributed by atoms with Gasteiger partial charge in [0.25, 0.3) is 0 Å². The molecule has 0 bridgehead atoms. The van der Waals surface area contributed by atoms with Gasteiger partial charge in [0.15, 0.2) is 6.04 Å². The SMILES string of the molecule is CCO[C@H](C)C(NC(=O)OC(C)(C)C)C(=O)O. The Morgan fingerprint density at radius 1 is 1.35 bits per heavy atom. The first kappa shape index (κ1) is 15.7. The fraction of sp³-hybridized carbons (Fsp3) is 0.818. The number of carboxylic acids is 1. The molecule has 2 atom stereocenters. The summed E-state index contributed by atoms with van der Waals surface area (Å²) in [4.78, 5) is 22.4. The van der Waals surface area contributed by atoms with E-state index in [4.69, 9.17) is 14.6 Å². The lowest BCUT2D eigenvalue weighted by Crippen LogP contribution is -2.50. The largest absolute Gasteiger partial charge is 0.480 e. The van der Waals surface area contributed by atoms with Gasteiger partial charge in [-0.15, -0.1) is 0 Å². The van der Waals surface area contributed by atoms with Gasteiger partial charge in [0.2, 0.25) is 0 Å². The molecule has 0 fully saturated rings. The highest BCUT2D eigenvalue weighted by Gasteiger charge is 2.29. The Hall–Kier alpha value is -1.30. The Morgan fingerprint density at radius 2 is 1.88 bits per heavy atom. The minimum atomic E-state index is -1.16. The predicted octanol–water partition coefficient (Wildman–Crippen LogP) is 1.39. The van der Waals surface area contributed by atoms with E-state index in [0.29, 0.717) is 6.61 Å². The number of carbonyl (C=O) groups is 2. The molecule has 1 amide bonds. The highest BCUT2D eigenvalue weighted by atomic mass is 16.6. The van der Waals surface area contributed by atoms with Gasteiger partial charge in [0.05, 0.1) is 6.10 Å². The zero-order chi connectivity index (χ0) is 13.6. The molecule has 1 unspecified atom stereocenters. The predicted molar refractivity (Wildman–Crippen MR) is 61.9 cm³/mol. The van der Waals surface area contributed by atoms with Crippen LogP contribution in [0.5, 0.6) is 0 Å². The molecule has 0 radical (unpaired) electrons. The second-order valence-electron chi connectivity index (χ2n) is 4.62. The number of carbonyl (C=O) groups excluding carboxylic acids is 1. The summed E-state index contributed by atoms with van der Waals surface area (Å²) in [6, 6.07) is -1.12. The highest BCUT2D eigenvalue weighted by Crippen LogP contribution is 2.08. The lowest BCUT2D eigenvalue weighted by atomic mass is 10.2. The fourth-order valence-electron chi connectivity index (χ4n) is 1.17. The maximum absolute atomic E-state index is 11.4. The van der Waals surface area contributed by atoms with Crippen molar-refractivity contribution in [1.29, 1.82) is 0 Å². The Labute approximate surface area is 101 Å². The van der Waals surface area contributed by atoms with E-state index < -0.39 is 29.8 Å². The molecule has 0 heterocycles. The van der Waals surface area contributed by atoms with E-state index in [1.54, 1.807) is 34.6 Å². The molecule has 0 spiro atoms. The normalized spacial score (nSPS) is 14.9. The third-order valence-electron chi connectivity index (χ3n) is 1.84. The van der Waals surface area contributed by atoms with Crippen molar-refractivity contribution in [3.05, 3.63) is 0 Å². The van der Waals surface area contributed by atoms with E-state index in [1.807, 2.05) is 0 Å². The van der Waals surface area contributed by atoms with Gasteiger partial charge in [-0.2, -0.15) is 0 Å². The van der Waals surface area contributed by atoms with Crippen LogP contribution in [0.1, 0.15) is 34.6 Å². The molecule has 6 nitrogen and oxygen atoms in total. The average Bonchev–Trinajstić information content (AvgIpc) is 2.11. The van der Waals surface area contributed by atoms with Crippen molar-refractivity contribution in [1.82, 2.24) is 5.32 Å². The summed E-state index contributed by atoms with van der Waals surface area (Å²) in [7, 11) is 0. The molecule has 0 aliphatic carbocycles. The highest BCUT2D eigenvalue weighted by molar-refractivity contribution is 5.80. The zero-order valence-electron chi connectivity index (χ0n) is 10.9. The van der Waals surface area contributed by atoms with Crippen molar-refractivity contribution < 1.29 is 24.2 Å². The number of rotatable bonds is 5. The van der Waals surface area contributed by atoms with Gasteiger partial charge in [-0.05, 0) is 34.6 Å². The number of hydrogen-bond donors (Lipinski definition) is 2. The lowest BCUT2D eigenvalue weighted by Gasteiger charge is -2.24. The molecule has 0 aliphatic heterocycles. The van der Waals surface area contributed by atoms with Crippen LogP contribution >= 0.6 is 0 Å². The molecule has 0 aliphatic rings. The van der Waals surface area contributed by atoms with Crippen molar-refractivity contribution in [2.75, 3.05) is 6.61 Å². The van der Waals surface area contributed by atoms with Crippen LogP contribution < -0.4 is 5.32 Å². The summed E-state index contributed by atoms with van der Waals surface area (Å²) >= 11 is 0. The summed E-state index contributed by atoms with van der Waals surface area (Å²) < 4.78 is 10.1. The number of nitrogens with one attached hydrogen (secondary N) is 1. The molecule has 17 heavy (non-hydrogen) atoms. The number of alkyl carbamates (subject to hydrolysis) is 1. The second-order valence-corrected chi connectivity index (χ2v) is 4.62. The van der Waals surface area contributed by atoms with Crippen molar-refractivity contribution in [2.45, 2.75) is 52.4 Å². The van der Waals surface area contributed by atoms with Crippen LogP contribution in [0.15, 0.2) is 0 Å². The quantitative estimate of drug-likeness (QED) is 0.766. The number of ether oxygens (including phenoxy) is 2. The maximum Gasteiger partial charge on any atom is 0.408 e. The topological polar surface area (TPSA) is 84.9 Å². The molecule has 0 aromatic rings. The Balaban J connectivity index is 4.45.